The summed E-state index contributed by atoms with van der Waals surface area (Å²) in [5.41, 5.74) is 1.17. The molecule has 102 valence electrons. The Bertz CT molecular complexity index is 301. The van der Waals surface area contributed by atoms with Crippen molar-refractivity contribution in [2.75, 3.05) is 26.4 Å². The van der Waals surface area contributed by atoms with Crippen molar-refractivity contribution >= 4 is 0 Å². The Kier molecular flexibility index (Phi) is 8.17. The number of ether oxygens (including phenoxy) is 2. The zero-order valence-corrected chi connectivity index (χ0v) is 11.4. The minimum atomic E-state index is 0.559. The van der Waals surface area contributed by atoms with E-state index in [9.17, 15) is 0 Å². The number of hydrogen-bond donors (Lipinski definition) is 1. The molecule has 1 aromatic heterocycles. The number of hydrogen-bond acceptors (Lipinski definition) is 4. The van der Waals surface area contributed by atoms with E-state index in [1.54, 1.807) is 0 Å². The molecule has 18 heavy (non-hydrogen) atoms. The normalized spacial score (nSPS) is 10.6. The van der Waals surface area contributed by atoms with Crippen molar-refractivity contribution in [3.8, 4) is 5.88 Å². The molecule has 0 saturated carbocycles. The van der Waals surface area contributed by atoms with E-state index in [1.165, 1.54) is 5.56 Å². The van der Waals surface area contributed by atoms with Crippen LogP contribution < -0.4 is 10.1 Å². The van der Waals surface area contributed by atoms with E-state index in [1.807, 2.05) is 18.3 Å². The predicted octanol–water partition coefficient (Wildman–Crippen LogP) is 2.39. The minimum absolute atomic E-state index is 0.559. The second-order valence-corrected chi connectivity index (χ2v) is 4.10. The second kappa shape index (κ2) is 9.85. The molecule has 0 radical (unpaired) electrons. The number of nitrogens with one attached hydrogen (secondary N) is 1. The van der Waals surface area contributed by atoms with Gasteiger partial charge < -0.3 is 14.8 Å². The lowest BCUT2D eigenvalue weighted by Crippen LogP contribution is -2.12. The molecule has 0 atom stereocenters. The highest BCUT2D eigenvalue weighted by atomic mass is 16.5. The van der Waals surface area contributed by atoms with Gasteiger partial charge in [0.15, 0.2) is 0 Å². The number of aromatic nitrogens is 1. The largest absolute Gasteiger partial charge is 0.475 e. The Morgan fingerprint density at radius 3 is 2.72 bits per heavy atom. The molecule has 0 bridgehead atoms. The molecule has 0 aliphatic carbocycles. The van der Waals surface area contributed by atoms with Gasteiger partial charge in [-0.15, -0.1) is 0 Å². The number of pyridine rings is 1. The summed E-state index contributed by atoms with van der Waals surface area (Å²) in [7, 11) is 0. The first-order chi connectivity index (χ1) is 8.86. The first kappa shape index (κ1) is 14.9. The number of unbranched alkanes of at least 4 members (excludes halogenated alkanes) is 1. The van der Waals surface area contributed by atoms with Crippen LogP contribution in [0.5, 0.6) is 5.88 Å². The van der Waals surface area contributed by atoms with E-state index in [0.29, 0.717) is 19.1 Å². The Labute approximate surface area is 110 Å². The average Bonchev–Trinajstić information content (AvgIpc) is 2.42. The lowest BCUT2D eigenvalue weighted by Gasteiger charge is -2.07. The Morgan fingerprint density at radius 1 is 1.17 bits per heavy atom. The lowest BCUT2D eigenvalue weighted by molar-refractivity contribution is 0.0965. The van der Waals surface area contributed by atoms with E-state index in [-0.39, 0.29) is 0 Å². The molecule has 1 rings (SSSR count). The van der Waals surface area contributed by atoms with Gasteiger partial charge in [0.2, 0.25) is 5.88 Å². The van der Waals surface area contributed by atoms with Gasteiger partial charge in [-0.1, -0.05) is 26.3 Å². The van der Waals surface area contributed by atoms with Gasteiger partial charge in [0.05, 0.1) is 6.61 Å². The average molecular weight is 252 g/mol. The highest BCUT2D eigenvalue weighted by Gasteiger charge is 1.97. The third kappa shape index (κ3) is 6.57. The summed E-state index contributed by atoms with van der Waals surface area (Å²) in [6, 6.07) is 3.93. The summed E-state index contributed by atoms with van der Waals surface area (Å²) >= 11 is 0. The molecule has 0 unspecified atom stereocenters. The van der Waals surface area contributed by atoms with Crippen molar-refractivity contribution in [1.82, 2.24) is 10.3 Å². The third-order valence-electron chi connectivity index (χ3n) is 2.50. The van der Waals surface area contributed by atoms with E-state index < -0.39 is 0 Å². The van der Waals surface area contributed by atoms with Gasteiger partial charge in [0.1, 0.15) is 6.61 Å². The van der Waals surface area contributed by atoms with Crippen LogP contribution in [0.3, 0.4) is 0 Å². The van der Waals surface area contributed by atoms with Crippen molar-refractivity contribution in [3.63, 3.8) is 0 Å². The maximum absolute atomic E-state index is 5.49. The summed E-state index contributed by atoms with van der Waals surface area (Å²) in [5, 5.41) is 3.26. The van der Waals surface area contributed by atoms with Crippen LogP contribution >= 0.6 is 0 Å². The predicted molar refractivity (Wildman–Crippen MR) is 72.8 cm³/mol. The SMILES string of the molecule is CCCCOCCOc1ccc(CNCC)cn1. The highest BCUT2D eigenvalue weighted by molar-refractivity contribution is 5.17. The van der Waals surface area contributed by atoms with Gasteiger partial charge >= 0.3 is 0 Å². The van der Waals surface area contributed by atoms with Gasteiger partial charge in [0.25, 0.3) is 0 Å². The highest BCUT2D eigenvalue weighted by Crippen LogP contribution is 2.07. The fraction of sp³-hybridized carbons (Fsp3) is 0.643. The molecule has 0 spiro atoms. The van der Waals surface area contributed by atoms with Gasteiger partial charge in [-0.25, -0.2) is 4.98 Å². The Morgan fingerprint density at radius 2 is 2.06 bits per heavy atom. The van der Waals surface area contributed by atoms with E-state index >= 15 is 0 Å². The zero-order chi connectivity index (χ0) is 13.1. The van der Waals surface area contributed by atoms with Crippen LogP contribution in [0.1, 0.15) is 32.3 Å². The minimum Gasteiger partial charge on any atom is -0.475 e. The Balaban J connectivity index is 2.14. The molecule has 0 aliphatic heterocycles. The van der Waals surface area contributed by atoms with Crippen molar-refractivity contribution in [3.05, 3.63) is 23.9 Å². The van der Waals surface area contributed by atoms with Crippen LogP contribution in [0.25, 0.3) is 0 Å². The van der Waals surface area contributed by atoms with Crippen LogP contribution in [0.2, 0.25) is 0 Å². The summed E-state index contributed by atoms with van der Waals surface area (Å²) in [4.78, 5) is 4.25. The topological polar surface area (TPSA) is 43.4 Å². The second-order valence-electron chi connectivity index (χ2n) is 4.10. The van der Waals surface area contributed by atoms with E-state index in [2.05, 4.69) is 24.1 Å². The summed E-state index contributed by atoms with van der Waals surface area (Å²) in [6.07, 6.45) is 4.11. The van der Waals surface area contributed by atoms with Crippen molar-refractivity contribution in [2.45, 2.75) is 33.2 Å². The fourth-order valence-corrected chi connectivity index (χ4v) is 1.42. The lowest BCUT2D eigenvalue weighted by atomic mass is 10.3. The molecule has 0 fully saturated rings. The first-order valence-corrected chi connectivity index (χ1v) is 6.73. The Hall–Kier alpha value is -1.13. The summed E-state index contributed by atoms with van der Waals surface area (Å²) in [6.45, 7) is 8.05. The molecular formula is C14H24N2O2. The molecule has 1 heterocycles. The summed E-state index contributed by atoms with van der Waals surface area (Å²) in [5.74, 6) is 0.661. The van der Waals surface area contributed by atoms with E-state index in [0.717, 1.165) is 32.5 Å². The first-order valence-electron chi connectivity index (χ1n) is 6.73. The molecule has 4 nitrogen and oxygen atoms in total. The molecule has 0 aromatic carbocycles. The monoisotopic (exact) mass is 252 g/mol. The van der Waals surface area contributed by atoms with Crippen molar-refractivity contribution < 1.29 is 9.47 Å². The van der Waals surface area contributed by atoms with Gasteiger partial charge in [0, 0.05) is 25.4 Å². The standard InChI is InChI=1S/C14H24N2O2/c1-3-5-8-17-9-10-18-14-7-6-13(12-16-14)11-15-4-2/h6-7,12,15H,3-5,8-11H2,1-2H3. The fourth-order valence-electron chi connectivity index (χ4n) is 1.42. The summed E-state index contributed by atoms with van der Waals surface area (Å²) < 4.78 is 10.9. The molecule has 4 heteroatoms. The van der Waals surface area contributed by atoms with Crippen molar-refractivity contribution in [1.29, 1.82) is 0 Å². The maximum atomic E-state index is 5.49. The molecule has 0 saturated heterocycles. The van der Waals surface area contributed by atoms with Gasteiger partial charge in [-0.3, -0.25) is 0 Å². The molecule has 1 N–H and O–H groups in total. The van der Waals surface area contributed by atoms with E-state index in [4.69, 9.17) is 9.47 Å². The molecule has 0 amide bonds. The van der Waals surface area contributed by atoms with Crippen LogP contribution in [0, 0.1) is 0 Å². The van der Waals surface area contributed by atoms with Crippen LogP contribution in [0.4, 0.5) is 0 Å². The van der Waals surface area contributed by atoms with Crippen LogP contribution in [-0.4, -0.2) is 31.3 Å². The molecule has 0 aliphatic rings. The van der Waals surface area contributed by atoms with Gasteiger partial charge in [-0.2, -0.15) is 0 Å². The number of rotatable bonds is 10. The van der Waals surface area contributed by atoms with Crippen molar-refractivity contribution in [2.24, 2.45) is 0 Å². The smallest absolute Gasteiger partial charge is 0.213 e. The maximum Gasteiger partial charge on any atom is 0.213 e. The quantitative estimate of drug-likeness (QED) is 0.649. The van der Waals surface area contributed by atoms with Gasteiger partial charge in [-0.05, 0) is 18.5 Å². The zero-order valence-electron chi connectivity index (χ0n) is 11.4. The molecule has 1 aromatic rings. The third-order valence-corrected chi connectivity index (χ3v) is 2.50. The number of nitrogens with zero attached hydrogens (tertiary/aromatic N) is 1. The van der Waals surface area contributed by atoms with Crippen LogP contribution in [0.15, 0.2) is 18.3 Å². The molecular weight excluding hydrogens is 228 g/mol. The van der Waals surface area contributed by atoms with Crippen LogP contribution in [-0.2, 0) is 11.3 Å².